The van der Waals surface area contributed by atoms with Crippen molar-refractivity contribution in [1.82, 2.24) is 0 Å². The summed E-state index contributed by atoms with van der Waals surface area (Å²) in [6.07, 6.45) is 6.59. The Morgan fingerprint density at radius 2 is 1.57 bits per heavy atom. The van der Waals surface area contributed by atoms with Gasteiger partial charge in [0.05, 0.1) is 31.2 Å². The van der Waals surface area contributed by atoms with Gasteiger partial charge >= 0.3 is 11.9 Å². The zero-order valence-corrected chi connectivity index (χ0v) is 16.9. The highest BCUT2D eigenvalue weighted by molar-refractivity contribution is 6.05. The summed E-state index contributed by atoms with van der Waals surface area (Å²) in [5.41, 5.74) is 3.10. The van der Waals surface area contributed by atoms with Crippen LogP contribution in [-0.4, -0.2) is 26.2 Å². The molecule has 0 amide bonds. The van der Waals surface area contributed by atoms with Crippen molar-refractivity contribution in [2.24, 2.45) is 10.2 Å². The molecule has 7 nitrogen and oxygen atoms in total. The number of allylic oxidation sites excluding steroid dienone is 2. The summed E-state index contributed by atoms with van der Waals surface area (Å²) in [4.78, 5) is 26.4. The van der Waals surface area contributed by atoms with Crippen molar-refractivity contribution in [2.45, 2.75) is 6.92 Å². The van der Waals surface area contributed by atoms with E-state index in [4.69, 9.17) is 9.47 Å². The maximum absolute atomic E-state index is 12.5. The minimum Gasteiger partial charge on any atom is -0.465 e. The minimum absolute atomic E-state index is 0.0658. The van der Waals surface area contributed by atoms with E-state index in [1.54, 1.807) is 29.3 Å². The first kappa shape index (κ1) is 20.7. The van der Waals surface area contributed by atoms with E-state index in [0.29, 0.717) is 11.4 Å². The van der Waals surface area contributed by atoms with E-state index in [1.807, 2.05) is 49.4 Å². The van der Waals surface area contributed by atoms with Gasteiger partial charge in [0.1, 0.15) is 5.70 Å². The number of methoxy groups -OCH3 is 2. The summed E-state index contributed by atoms with van der Waals surface area (Å²) in [7, 11) is 2.53. The number of benzene rings is 2. The van der Waals surface area contributed by atoms with Crippen LogP contribution in [-0.2, 0) is 19.1 Å². The Kier molecular flexibility index (Phi) is 6.54. The fourth-order valence-corrected chi connectivity index (χ4v) is 2.93. The van der Waals surface area contributed by atoms with Crippen molar-refractivity contribution >= 4 is 29.0 Å². The van der Waals surface area contributed by atoms with Crippen LogP contribution in [0.4, 0.5) is 17.1 Å². The highest BCUT2D eigenvalue weighted by Gasteiger charge is 2.28. The molecule has 0 fully saturated rings. The molecule has 0 radical (unpaired) electrons. The molecule has 1 aliphatic rings. The quantitative estimate of drug-likeness (QED) is 0.524. The van der Waals surface area contributed by atoms with Crippen LogP contribution in [0.15, 0.2) is 94.5 Å². The predicted molar refractivity (Wildman–Crippen MR) is 114 cm³/mol. The molecule has 30 heavy (non-hydrogen) atoms. The second-order valence-corrected chi connectivity index (χ2v) is 6.32. The van der Waals surface area contributed by atoms with E-state index in [9.17, 15) is 9.59 Å². The standard InChI is InChI=1S/C23H21N3O4/c1-16-15-18(25-24-17-9-5-4-6-10-17)12-13-20(16)26-14-8-7-11-19(22(27)29-2)21(26)23(28)30-3/h4-15H,1-3H3. The summed E-state index contributed by atoms with van der Waals surface area (Å²) in [5, 5.41) is 8.49. The molecule has 1 aliphatic heterocycles. The maximum atomic E-state index is 12.5. The molecule has 0 atom stereocenters. The lowest BCUT2D eigenvalue weighted by Crippen LogP contribution is -2.27. The van der Waals surface area contributed by atoms with Crippen LogP contribution in [0, 0.1) is 6.92 Å². The lowest BCUT2D eigenvalue weighted by atomic mass is 10.1. The van der Waals surface area contributed by atoms with Gasteiger partial charge in [0.25, 0.3) is 0 Å². The molecule has 3 rings (SSSR count). The third-order valence-electron chi connectivity index (χ3n) is 4.37. The Morgan fingerprint density at radius 3 is 2.23 bits per heavy atom. The van der Waals surface area contributed by atoms with Crippen LogP contribution in [0.1, 0.15) is 5.56 Å². The van der Waals surface area contributed by atoms with Gasteiger partial charge < -0.3 is 14.4 Å². The molecular weight excluding hydrogens is 382 g/mol. The summed E-state index contributed by atoms with van der Waals surface area (Å²) >= 11 is 0. The van der Waals surface area contributed by atoms with Crippen molar-refractivity contribution in [1.29, 1.82) is 0 Å². The van der Waals surface area contributed by atoms with E-state index < -0.39 is 11.9 Å². The number of carbonyl (C=O) groups is 2. The number of azo groups is 1. The molecule has 7 heteroatoms. The molecule has 2 aromatic carbocycles. The number of rotatable bonds is 5. The van der Waals surface area contributed by atoms with Crippen LogP contribution >= 0.6 is 0 Å². The molecule has 152 valence electrons. The summed E-state index contributed by atoms with van der Waals surface area (Å²) in [5.74, 6) is -1.29. The fourth-order valence-electron chi connectivity index (χ4n) is 2.93. The molecule has 2 aromatic rings. The van der Waals surface area contributed by atoms with Crippen LogP contribution in [0.5, 0.6) is 0 Å². The molecule has 0 bridgehead atoms. The smallest absolute Gasteiger partial charge is 0.355 e. The van der Waals surface area contributed by atoms with Gasteiger partial charge in [0, 0.05) is 11.9 Å². The highest BCUT2D eigenvalue weighted by Crippen LogP contribution is 2.31. The van der Waals surface area contributed by atoms with E-state index in [1.165, 1.54) is 20.3 Å². The second-order valence-electron chi connectivity index (χ2n) is 6.32. The first-order valence-corrected chi connectivity index (χ1v) is 9.17. The Bertz CT molecular complexity index is 1070. The van der Waals surface area contributed by atoms with E-state index in [0.717, 1.165) is 11.3 Å². The Labute approximate surface area is 174 Å². The normalized spacial score (nSPS) is 13.5. The number of esters is 2. The molecule has 0 aliphatic carbocycles. The van der Waals surface area contributed by atoms with Gasteiger partial charge in [-0.2, -0.15) is 10.2 Å². The average Bonchev–Trinajstić information content (AvgIpc) is 3.00. The van der Waals surface area contributed by atoms with Crippen LogP contribution in [0.3, 0.4) is 0 Å². The van der Waals surface area contributed by atoms with Crippen LogP contribution in [0.2, 0.25) is 0 Å². The molecule has 0 saturated heterocycles. The van der Waals surface area contributed by atoms with Gasteiger partial charge in [-0.3, -0.25) is 0 Å². The Morgan fingerprint density at radius 1 is 0.867 bits per heavy atom. The zero-order valence-electron chi connectivity index (χ0n) is 16.9. The van der Waals surface area contributed by atoms with Crippen LogP contribution in [0.25, 0.3) is 0 Å². The van der Waals surface area contributed by atoms with Crippen molar-refractivity contribution < 1.29 is 19.1 Å². The van der Waals surface area contributed by atoms with E-state index >= 15 is 0 Å². The molecule has 0 spiro atoms. The first-order chi connectivity index (χ1) is 14.5. The van der Waals surface area contributed by atoms with Gasteiger partial charge in [-0.1, -0.05) is 24.3 Å². The van der Waals surface area contributed by atoms with Gasteiger partial charge in [0.15, 0.2) is 0 Å². The number of hydrogen-bond donors (Lipinski definition) is 0. The third kappa shape index (κ3) is 4.52. The van der Waals surface area contributed by atoms with E-state index in [2.05, 4.69) is 10.2 Å². The van der Waals surface area contributed by atoms with Crippen LogP contribution < -0.4 is 4.90 Å². The Balaban J connectivity index is 2.01. The first-order valence-electron chi connectivity index (χ1n) is 9.17. The SMILES string of the molecule is COC(=O)C1=C(C(=O)OC)N(c2ccc(N=Nc3ccccc3)cc2C)C=CC=C1. The largest absolute Gasteiger partial charge is 0.465 e. The Hall–Kier alpha value is -4.00. The maximum Gasteiger partial charge on any atom is 0.355 e. The van der Waals surface area contributed by atoms with Crippen molar-refractivity contribution in [3.8, 4) is 0 Å². The monoisotopic (exact) mass is 403 g/mol. The molecular formula is C23H21N3O4. The topological polar surface area (TPSA) is 80.6 Å². The van der Waals surface area contributed by atoms with Gasteiger partial charge in [-0.25, -0.2) is 9.59 Å². The molecule has 1 heterocycles. The molecule has 0 aromatic heterocycles. The third-order valence-corrected chi connectivity index (χ3v) is 4.37. The zero-order chi connectivity index (χ0) is 21.5. The summed E-state index contributed by atoms with van der Waals surface area (Å²) in [6, 6.07) is 14.9. The fraction of sp³-hybridized carbons (Fsp3) is 0.130. The number of hydrogen-bond acceptors (Lipinski definition) is 7. The van der Waals surface area contributed by atoms with Crippen molar-refractivity contribution in [3.63, 3.8) is 0 Å². The highest BCUT2D eigenvalue weighted by atomic mass is 16.5. The van der Waals surface area contributed by atoms with Crippen molar-refractivity contribution in [2.75, 3.05) is 19.1 Å². The number of nitrogens with zero attached hydrogens (tertiary/aromatic N) is 3. The number of carbonyl (C=O) groups excluding carboxylic acids is 2. The average molecular weight is 403 g/mol. The van der Waals surface area contributed by atoms with Crippen molar-refractivity contribution in [3.05, 3.63) is 89.8 Å². The second kappa shape index (κ2) is 9.47. The number of aryl methyl sites for hydroxylation is 1. The molecule has 0 N–H and O–H groups in total. The number of ether oxygens (including phenoxy) is 2. The molecule has 0 unspecified atom stereocenters. The summed E-state index contributed by atoms with van der Waals surface area (Å²) in [6.45, 7) is 1.88. The van der Waals surface area contributed by atoms with Gasteiger partial charge in [-0.15, -0.1) is 0 Å². The van der Waals surface area contributed by atoms with E-state index in [-0.39, 0.29) is 11.3 Å². The van der Waals surface area contributed by atoms with Gasteiger partial charge in [-0.05, 0) is 55.0 Å². The lowest BCUT2D eigenvalue weighted by Gasteiger charge is -2.24. The molecule has 0 saturated carbocycles. The predicted octanol–water partition coefficient (Wildman–Crippen LogP) is 4.90. The van der Waals surface area contributed by atoms with Gasteiger partial charge in [0.2, 0.25) is 0 Å². The number of anilines is 1. The minimum atomic E-state index is -0.654. The lowest BCUT2D eigenvalue weighted by molar-refractivity contribution is -0.139. The summed E-state index contributed by atoms with van der Waals surface area (Å²) < 4.78 is 9.77.